The minimum absolute atomic E-state index is 0.180. The van der Waals surface area contributed by atoms with E-state index in [0.717, 1.165) is 30.8 Å². The van der Waals surface area contributed by atoms with Crippen LogP contribution < -0.4 is 10.2 Å². The molecular formula is C18H23FN2. The van der Waals surface area contributed by atoms with Crippen LogP contribution in [0.4, 0.5) is 10.1 Å². The second-order valence-corrected chi connectivity index (χ2v) is 5.29. The zero-order valence-corrected chi connectivity index (χ0v) is 12.8. The lowest BCUT2D eigenvalue weighted by atomic mass is 10.1. The number of rotatable bonds is 7. The molecule has 0 radical (unpaired) electrons. The molecular weight excluding hydrogens is 263 g/mol. The van der Waals surface area contributed by atoms with Crippen molar-refractivity contribution >= 4 is 5.69 Å². The van der Waals surface area contributed by atoms with Crippen molar-refractivity contribution in [1.29, 1.82) is 0 Å². The van der Waals surface area contributed by atoms with Crippen molar-refractivity contribution < 1.29 is 4.39 Å². The lowest BCUT2D eigenvalue weighted by molar-refractivity contribution is 0.618. The van der Waals surface area contributed by atoms with Crippen molar-refractivity contribution in [3.63, 3.8) is 0 Å². The van der Waals surface area contributed by atoms with Crippen molar-refractivity contribution in [1.82, 2.24) is 5.32 Å². The Balaban J connectivity index is 2.13. The number of anilines is 1. The van der Waals surface area contributed by atoms with Gasteiger partial charge in [0.2, 0.25) is 0 Å². The van der Waals surface area contributed by atoms with Gasteiger partial charge in [0.1, 0.15) is 5.82 Å². The van der Waals surface area contributed by atoms with Gasteiger partial charge in [-0.05, 0) is 42.3 Å². The second kappa shape index (κ2) is 7.79. The van der Waals surface area contributed by atoms with Crippen molar-refractivity contribution in [3.8, 4) is 0 Å². The van der Waals surface area contributed by atoms with Gasteiger partial charge in [0.05, 0.1) is 0 Å². The van der Waals surface area contributed by atoms with E-state index in [1.54, 1.807) is 6.07 Å². The fourth-order valence-corrected chi connectivity index (χ4v) is 2.41. The van der Waals surface area contributed by atoms with Gasteiger partial charge in [-0.15, -0.1) is 0 Å². The van der Waals surface area contributed by atoms with Crippen LogP contribution in [0.3, 0.4) is 0 Å². The molecule has 2 rings (SSSR count). The third-order valence-corrected chi connectivity index (χ3v) is 3.46. The van der Waals surface area contributed by atoms with E-state index in [-0.39, 0.29) is 5.82 Å². The van der Waals surface area contributed by atoms with E-state index >= 15 is 0 Å². The number of hydrogen-bond donors (Lipinski definition) is 1. The number of halogens is 1. The highest BCUT2D eigenvalue weighted by atomic mass is 19.1. The van der Waals surface area contributed by atoms with Crippen LogP contribution in [0, 0.1) is 5.82 Å². The normalized spacial score (nSPS) is 10.6. The smallest absolute Gasteiger partial charge is 0.123 e. The first kappa shape index (κ1) is 15.5. The third kappa shape index (κ3) is 4.57. The Morgan fingerprint density at radius 2 is 1.86 bits per heavy atom. The van der Waals surface area contributed by atoms with Crippen molar-refractivity contribution in [3.05, 3.63) is 65.5 Å². The lowest BCUT2D eigenvalue weighted by Gasteiger charge is -2.23. The summed E-state index contributed by atoms with van der Waals surface area (Å²) in [5.74, 6) is -0.180. The molecule has 0 bridgehead atoms. The topological polar surface area (TPSA) is 15.3 Å². The Labute approximate surface area is 126 Å². The predicted octanol–water partition coefficient (Wildman–Crippen LogP) is 3.96. The number of hydrogen-bond acceptors (Lipinski definition) is 2. The summed E-state index contributed by atoms with van der Waals surface area (Å²) in [6, 6.07) is 15.3. The first-order valence-corrected chi connectivity index (χ1v) is 7.45. The molecule has 0 spiro atoms. The van der Waals surface area contributed by atoms with E-state index in [0.29, 0.717) is 6.54 Å². The van der Waals surface area contributed by atoms with Gasteiger partial charge < -0.3 is 10.2 Å². The van der Waals surface area contributed by atoms with Crippen LogP contribution in [0.25, 0.3) is 0 Å². The minimum Gasteiger partial charge on any atom is -0.370 e. The van der Waals surface area contributed by atoms with Crippen LogP contribution in [0.2, 0.25) is 0 Å². The van der Waals surface area contributed by atoms with Crippen molar-refractivity contribution in [2.75, 3.05) is 18.5 Å². The summed E-state index contributed by atoms with van der Waals surface area (Å²) in [6.07, 6.45) is 1.07. The maximum Gasteiger partial charge on any atom is 0.123 e. The molecule has 112 valence electrons. The van der Waals surface area contributed by atoms with Crippen LogP contribution in [0.15, 0.2) is 48.5 Å². The fraction of sp³-hybridized carbons (Fsp3) is 0.333. The maximum atomic E-state index is 13.5. The molecule has 1 N–H and O–H groups in total. The summed E-state index contributed by atoms with van der Waals surface area (Å²) in [5, 5.41) is 3.34. The summed E-state index contributed by atoms with van der Waals surface area (Å²) >= 11 is 0. The summed E-state index contributed by atoms with van der Waals surface area (Å²) in [5.41, 5.74) is 3.32. The zero-order valence-electron chi connectivity index (χ0n) is 12.8. The van der Waals surface area contributed by atoms with E-state index in [4.69, 9.17) is 0 Å². The number of nitrogens with one attached hydrogen (secondary N) is 1. The number of benzene rings is 2. The second-order valence-electron chi connectivity index (χ2n) is 5.29. The average molecular weight is 286 g/mol. The van der Waals surface area contributed by atoms with E-state index < -0.39 is 0 Å². The van der Waals surface area contributed by atoms with Gasteiger partial charge in [0, 0.05) is 25.8 Å². The van der Waals surface area contributed by atoms with Gasteiger partial charge in [0.15, 0.2) is 0 Å². The molecule has 21 heavy (non-hydrogen) atoms. The Hall–Kier alpha value is -1.87. The summed E-state index contributed by atoms with van der Waals surface area (Å²) in [7, 11) is 2.05. The molecule has 0 fully saturated rings. The summed E-state index contributed by atoms with van der Waals surface area (Å²) in [4.78, 5) is 2.16. The number of nitrogens with zero attached hydrogens (tertiary/aromatic N) is 1. The third-order valence-electron chi connectivity index (χ3n) is 3.46. The highest BCUT2D eigenvalue weighted by Crippen LogP contribution is 2.22. The molecule has 0 saturated carbocycles. The van der Waals surface area contributed by atoms with E-state index in [1.165, 1.54) is 11.6 Å². The molecule has 0 aliphatic rings. The molecule has 0 aromatic heterocycles. The average Bonchev–Trinajstić information content (AvgIpc) is 2.48. The molecule has 2 aromatic carbocycles. The largest absolute Gasteiger partial charge is 0.370 e. The summed E-state index contributed by atoms with van der Waals surface area (Å²) < 4.78 is 13.5. The molecule has 0 aliphatic heterocycles. The molecule has 2 nitrogen and oxygen atoms in total. The van der Waals surface area contributed by atoms with E-state index in [9.17, 15) is 4.39 Å². The first-order valence-electron chi connectivity index (χ1n) is 7.45. The molecule has 0 amide bonds. The Morgan fingerprint density at radius 3 is 2.57 bits per heavy atom. The quantitative estimate of drug-likeness (QED) is 0.775. The van der Waals surface area contributed by atoms with Crippen molar-refractivity contribution in [2.24, 2.45) is 0 Å². The molecule has 2 aromatic rings. The van der Waals surface area contributed by atoms with Gasteiger partial charge in [-0.2, -0.15) is 0 Å². The summed E-state index contributed by atoms with van der Waals surface area (Å²) in [6.45, 7) is 4.58. The van der Waals surface area contributed by atoms with Gasteiger partial charge in [-0.25, -0.2) is 4.39 Å². The fourth-order valence-electron chi connectivity index (χ4n) is 2.41. The standard InChI is InChI=1S/C18H23FN2/c1-3-11-20-13-16-12-17(19)9-10-18(16)21(2)14-15-7-5-4-6-8-15/h4-10,12,20H,3,11,13-14H2,1-2H3. The Bertz CT molecular complexity index is 554. The highest BCUT2D eigenvalue weighted by molar-refractivity contribution is 5.53. The zero-order chi connectivity index (χ0) is 15.1. The van der Waals surface area contributed by atoms with Gasteiger partial charge in [-0.3, -0.25) is 0 Å². The molecule has 3 heteroatoms. The SMILES string of the molecule is CCCNCc1cc(F)ccc1N(C)Cc1ccccc1. The van der Waals surface area contributed by atoms with Gasteiger partial charge in [-0.1, -0.05) is 37.3 Å². The Kier molecular flexibility index (Phi) is 5.76. The van der Waals surface area contributed by atoms with Crippen LogP contribution >= 0.6 is 0 Å². The van der Waals surface area contributed by atoms with Gasteiger partial charge >= 0.3 is 0 Å². The predicted molar refractivity (Wildman–Crippen MR) is 86.9 cm³/mol. The van der Waals surface area contributed by atoms with E-state index in [2.05, 4.69) is 29.3 Å². The highest BCUT2D eigenvalue weighted by Gasteiger charge is 2.09. The lowest BCUT2D eigenvalue weighted by Crippen LogP contribution is -2.21. The van der Waals surface area contributed by atoms with Crippen LogP contribution in [0.5, 0.6) is 0 Å². The molecule has 0 saturated heterocycles. The molecule has 0 heterocycles. The molecule has 0 atom stereocenters. The minimum atomic E-state index is -0.180. The molecule has 0 aliphatic carbocycles. The van der Waals surface area contributed by atoms with Crippen molar-refractivity contribution in [2.45, 2.75) is 26.4 Å². The van der Waals surface area contributed by atoms with Crippen LogP contribution in [-0.4, -0.2) is 13.6 Å². The van der Waals surface area contributed by atoms with Crippen LogP contribution in [0.1, 0.15) is 24.5 Å². The van der Waals surface area contributed by atoms with E-state index in [1.807, 2.05) is 31.3 Å². The first-order chi connectivity index (χ1) is 10.2. The Morgan fingerprint density at radius 1 is 1.10 bits per heavy atom. The molecule has 0 unspecified atom stereocenters. The van der Waals surface area contributed by atoms with Gasteiger partial charge in [0.25, 0.3) is 0 Å². The van der Waals surface area contributed by atoms with Crippen LogP contribution in [-0.2, 0) is 13.1 Å². The maximum absolute atomic E-state index is 13.5. The monoisotopic (exact) mass is 286 g/mol.